The fourth-order valence-electron chi connectivity index (χ4n) is 2.11. The van der Waals surface area contributed by atoms with Gasteiger partial charge in [-0.15, -0.1) is 12.3 Å². The molecule has 1 fully saturated rings. The fourth-order valence-corrected chi connectivity index (χ4v) is 2.11. The molecule has 0 saturated carbocycles. The average Bonchev–Trinajstić information content (AvgIpc) is 2.37. The molecule has 0 unspecified atom stereocenters. The molecule has 0 aromatic carbocycles. The molecular weight excluding hydrogens is 232 g/mol. The lowest BCUT2D eigenvalue weighted by atomic mass is 9.92. The number of hydrogen-bond acceptors (Lipinski definition) is 2. The topological polar surface area (TPSA) is 69.6 Å². The van der Waals surface area contributed by atoms with E-state index in [0.717, 1.165) is 12.8 Å². The zero-order valence-electron chi connectivity index (χ0n) is 10.5. The van der Waals surface area contributed by atoms with Crippen molar-refractivity contribution < 1.29 is 14.7 Å². The number of piperidine rings is 1. The molecule has 0 radical (unpaired) electrons. The Morgan fingerprint density at radius 3 is 2.61 bits per heavy atom. The van der Waals surface area contributed by atoms with E-state index in [1.807, 2.05) is 0 Å². The van der Waals surface area contributed by atoms with Crippen molar-refractivity contribution in [2.75, 3.05) is 19.6 Å². The lowest BCUT2D eigenvalue weighted by Gasteiger charge is -2.31. The highest BCUT2D eigenvalue weighted by Gasteiger charge is 2.22. The van der Waals surface area contributed by atoms with Gasteiger partial charge in [0.05, 0.1) is 0 Å². The van der Waals surface area contributed by atoms with Gasteiger partial charge < -0.3 is 15.3 Å². The number of carbonyl (C=O) groups excluding carboxylic acids is 1. The summed E-state index contributed by atoms with van der Waals surface area (Å²) < 4.78 is 0. The molecule has 1 aliphatic heterocycles. The maximum absolute atomic E-state index is 11.7. The predicted octanol–water partition coefficient (Wildman–Crippen LogP) is 1.30. The number of amides is 2. The third kappa shape index (κ3) is 5.09. The van der Waals surface area contributed by atoms with Gasteiger partial charge in [0.25, 0.3) is 0 Å². The van der Waals surface area contributed by atoms with Crippen LogP contribution in [-0.2, 0) is 4.79 Å². The van der Waals surface area contributed by atoms with Crippen LogP contribution in [0.25, 0.3) is 0 Å². The number of carboxylic acid groups (broad SMARTS) is 1. The second kappa shape index (κ2) is 7.59. The molecule has 0 atom stereocenters. The first-order chi connectivity index (χ1) is 8.63. The summed E-state index contributed by atoms with van der Waals surface area (Å²) in [5, 5.41) is 11.4. The maximum Gasteiger partial charge on any atom is 0.317 e. The molecular formula is C13H20N2O3. The summed E-state index contributed by atoms with van der Waals surface area (Å²) in [5.41, 5.74) is 0. The number of hydrogen-bond donors (Lipinski definition) is 2. The first-order valence-corrected chi connectivity index (χ1v) is 6.31. The molecule has 2 amide bonds. The number of carbonyl (C=O) groups is 2. The molecule has 100 valence electrons. The number of likely N-dealkylation sites (tertiary alicyclic amines) is 1. The largest absolute Gasteiger partial charge is 0.481 e. The summed E-state index contributed by atoms with van der Waals surface area (Å²) in [7, 11) is 0. The Hall–Kier alpha value is -1.70. The normalized spacial score (nSPS) is 16.1. The van der Waals surface area contributed by atoms with Crippen LogP contribution in [0.15, 0.2) is 0 Å². The van der Waals surface area contributed by atoms with Crippen molar-refractivity contribution >= 4 is 12.0 Å². The van der Waals surface area contributed by atoms with E-state index in [4.69, 9.17) is 11.5 Å². The number of nitrogens with zero attached hydrogens (tertiary/aromatic N) is 1. The Morgan fingerprint density at radius 2 is 2.06 bits per heavy atom. The minimum atomic E-state index is -0.746. The molecule has 1 rings (SSSR count). The van der Waals surface area contributed by atoms with Crippen molar-refractivity contribution in [3.63, 3.8) is 0 Å². The molecule has 0 aliphatic carbocycles. The lowest BCUT2D eigenvalue weighted by molar-refractivity contribution is -0.137. The van der Waals surface area contributed by atoms with Crippen LogP contribution in [0.4, 0.5) is 4.79 Å². The van der Waals surface area contributed by atoms with Gasteiger partial charge in [-0.25, -0.2) is 4.79 Å². The number of carboxylic acids is 1. The Kier molecular flexibility index (Phi) is 6.06. The van der Waals surface area contributed by atoms with Gasteiger partial charge in [-0.05, 0) is 25.2 Å². The van der Waals surface area contributed by atoms with E-state index in [0.29, 0.717) is 38.4 Å². The van der Waals surface area contributed by atoms with Crippen LogP contribution >= 0.6 is 0 Å². The Bertz CT molecular complexity index is 328. The smallest absolute Gasteiger partial charge is 0.317 e. The Balaban J connectivity index is 2.20. The number of aliphatic carboxylic acids is 1. The van der Waals surface area contributed by atoms with Crippen LogP contribution in [0.1, 0.15) is 32.1 Å². The van der Waals surface area contributed by atoms with Crippen LogP contribution in [0.3, 0.4) is 0 Å². The van der Waals surface area contributed by atoms with E-state index in [1.165, 1.54) is 0 Å². The predicted molar refractivity (Wildman–Crippen MR) is 68.0 cm³/mol. The summed E-state index contributed by atoms with van der Waals surface area (Å²) in [6.07, 6.45) is 8.35. The van der Waals surface area contributed by atoms with Crippen molar-refractivity contribution in [3.05, 3.63) is 0 Å². The first-order valence-electron chi connectivity index (χ1n) is 6.31. The van der Waals surface area contributed by atoms with Gasteiger partial charge in [-0.2, -0.15) is 0 Å². The Labute approximate surface area is 108 Å². The van der Waals surface area contributed by atoms with Crippen LogP contribution in [0.2, 0.25) is 0 Å². The summed E-state index contributed by atoms with van der Waals surface area (Å²) in [6.45, 7) is 1.91. The highest BCUT2D eigenvalue weighted by Crippen LogP contribution is 2.21. The van der Waals surface area contributed by atoms with Crippen LogP contribution < -0.4 is 5.32 Å². The monoisotopic (exact) mass is 252 g/mol. The zero-order chi connectivity index (χ0) is 13.4. The molecule has 1 saturated heterocycles. The second-order valence-corrected chi connectivity index (χ2v) is 4.55. The van der Waals surface area contributed by atoms with E-state index < -0.39 is 5.97 Å². The van der Waals surface area contributed by atoms with Gasteiger partial charge in [-0.3, -0.25) is 4.79 Å². The molecule has 1 aliphatic rings. The molecule has 18 heavy (non-hydrogen) atoms. The van der Waals surface area contributed by atoms with Gasteiger partial charge in [0.1, 0.15) is 0 Å². The highest BCUT2D eigenvalue weighted by atomic mass is 16.4. The number of urea groups is 1. The van der Waals surface area contributed by atoms with Crippen molar-refractivity contribution in [2.45, 2.75) is 32.1 Å². The van der Waals surface area contributed by atoms with Crippen molar-refractivity contribution in [1.29, 1.82) is 0 Å². The van der Waals surface area contributed by atoms with Gasteiger partial charge >= 0.3 is 12.0 Å². The van der Waals surface area contributed by atoms with Crippen molar-refractivity contribution in [3.8, 4) is 12.3 Å². The van der Waals surface area contributed by atoms with Gasteiger partial charge in [0.15, 0.2) is 0 Å². The van der Waals surface area contributed by atoms with Gasteiger partial charge in [-0.1, -0.05) is 0 Å². The second-order valence-electron chi connectivity index (χ2n) is 4.55. The van der Waals surface area contributed by atoms with E-state index in [2.05, 4.69) is 11.2 Å². The van der Waals surface area contributed by atoms with Crippen molar-refractivity contribution in [2.24, 2.45) is 5.92 Å². The summed E-state index contributed by atoms with van der Waals surface area (Å²) >= 11 is 0. The summed E-state index contributed by atoms with van der Waals surface area (Å²) in [6, 6.07) is -0.0677. The summed E-state index contributed by atoms with van der Waals surface area (Å²) in [4.78, 5) is 23.9. The van der Waals surface area contributed by atoms with E-state index in [-0.39, 0.29) is 12.5 Å². The quantitative estimate of drug-likeness (QED) is 0.572. The molecule has 0 aromatic heterocycles. The van der Waals surface area contributed by atoms with Crippen LogP contribution in [0.5, 0.6) is 0 Å². The Morgan fingerprint density at radius 1 is 1.39 bits per heavy atom. The molecule has 1 heterocycles. The minimum Gasteiger partial charge on any atom is -0.481 e. The molecule has 2 N–H and O–H groups in total. The SMILES string of the molecule is C#CCCNC(=O)N1CCC(CCC(=O)O)CC1. The van der Waals surface area contributed by atoms with Crippen LogP contribution in [-0.4, -0.2) is 41.6 Å². The van der Waals surface area contributed by atoms with E-state index in [1.54, 1.807) is 4.90 Å². The molecule has 5 nitrogen and oxygen atoms in total. The number of terminal acetylenes is 1. The van der Waals surface area contributed by atoms with Crippen LogP contribution in [0, 0.1) is 18.3 Å². The van der Waals surface area contributed by atoms with Crippen molar-refractivity contribution in [1.82, 2.24) is 10.2 Å². The molecule has 0 spiro atoms. The lowest BCUT2D eigenvalue weighted by Crippen LogP contribution is -2.44. The van der Waals surface area contributed by atoms with Gasteiger partial charge in [0.2, 0.25) is 0 Å². The van der Waals surface area contributed by atoms with E-state index >= 15 is 0 Å². The average molecular weight is 252 g/mol. The highest BCUT2D eigenvalue weighted by molar-refractivity contribution is 5.74. The zero-order valence-corrected chi connectivity index (χ0v) is 10.5. The molecule has 0 aromatic rings. The maximum atomic E-state index is 11.7. The minimum absolute atomic E-state index is 0.0677. The number of nitrogens with one attached hydrogen (secondary N) is 1. The third-order valence-electron chi connectivity index (χ3n) is 3.21. The third-order valence-corrected chi connectivity index (χ3v) is 3.21. The standard InChI is InChI=1S/C13H20N2O3/c1-2-3-8-14-13(18)15-9-6-11(7-10-15)4-5-12(16)17/h1,11H,3-10H2,(H,14,18)(H,16,17). The van der Waals surface area contributed by atoms with Gasteiger partial charge in [0, 0.05) is 32.5 Å². The number of rotatable bonds is 5. The summed E-state index contributed by atoms with van der Waals surface area (Å²) in [5.74, 6) is 2.15. The molecule has 5 heteroatoms. The fraction of sp³-hybridized carbons (Fsp3) is 0.692. The first kappa shape index (κ1) is 14.4. The van der Waals surface area contributed by atoms with E-state index in [9.17, 15) is 9.59 Å². The molecule has 0 bridgehead atoms.